The maximum absolute atomic E-state index is 13.3. The number of halogens is 4. The third kappa shape index (κ3) is 8.07. The van der Waals surface area contributed by atoms with Gasteiger partial charge < -0.3 is 19.1 Å². The number of nitrogens with one attached hydrogen (secondary N) is 1. The second kappa shape index (κ2) is 13.1. The highest BCUT2D eigenvalue weighted by Crippen LogP contribution is 2.38. The molecular weight excluding hydrogens is 643 g/mol. The van der Waals surface area contributed by atoms with Gasteiger partial charge in [-0.05, 0) is 65.8 Å². The molecule has 2 aliphatic rings. The molecule has 5 rings (SSSR count). The molecule has 0 radical (unpaired) electrons. The first-order chi connectivity index (χ1) is 20.9. The van der Waals surface area contributed by atoms with Crippen LogP contribution in [0.2, 0.25) is 10.0 Å². The molecule has 1 N–H and O–H groups in total. The Morgan fingerprint density at radius 1 is 1.11 bits per heavy atom. The molecule has 15 heteroatoms. The second-order valence-corrected chi connectivity index (χ2v) is 13.0. The van der Waals surface area contributed by atoms with E-state index in [1.54, 1.807) is 6.07 Å². The third-order valence-corrected chi connectivity index (χ3v) is 8.20. The molecule has 234 valence electrons. The molecule has 1 saturated carbocycles. The highest BCUT2D eigenvalue weighted by Gasteiger charge is 2.32. The van der Waals surface area contributed by atoms with E-state index in [4.69, 9.17) is 32.7 Å². The predicted octanol–water partition coefficient (Wildman–Crippen LogP) is 5.57. The van der Waals surface area contributed by atoms with E-state index in [1.165, 1.54) is 47.6 Å². The first-order valence-corrected chi connectivity index (χ1v) is 16.1. The zero-order chi connectivity index (χ0) is 31.6. The summed E-state index contributed by atoms with van der Waals surface area (Å²) in [6.07, 6.45) is 4.65. The Kier molecular flexibility index (Phi) is 9.47. The number of hydrogen-bond acceptors (Lipinski definition) is 8. The maximum Gasteiger partial charge on any atom is 0.387 e. The van der Waals surface area contributed by atoms with Gasteiger partial charge in [0.25, 0.3) is 0 Å². The van der Waals surface area contributed by atoms with Crippen LogP contribution in [0.4, 0.5) is 20.2 Å². The zero-order valence-corrected chi connectivity index (χ0v) is 25.6. The SMILES string of the molecule is CS(=O)(=O)Nc1ccc2c(c1)CC(=O)N2CC(=O)OC(Cc1c(Cl)cncc1Cl)c1ccc(OC(F)F)c(OCC2CC2)c1. The molecule has 1 aliphatic carbocycles. The number of aromatic nitrogens is 1. The zero-order valence-electron chi connectivity index (χ0n) is 23.3. The van der Waals surface area contributed by atoms with Crippen molar-refractivity contribution in [1.82, 2.24) is 4.98 Å². The lowest BCUT2D eigenvalue weighted by atomic mass is 10.0. The Balaban J connectivity index is 1.40. The Labute approximate surface area is 262 Å². The number of amides is 1. The molecule has 3 aromatic rings. The highest BCUT2D eigenvalue weighted by atomic mass is 35.5. The van der Waals surface area contributed by atoms with Gasteiger partial charge in [-0.25, -0.2) is 8.42 Å². The third-order valence-electron chi connectivity index (χ3n) is 6.95. The van der Waals surface area contributed by atoms with Crippen LogP contribution in [-0.4, -0.2) is 51.3 Å². The van der Waals surface area contributed by atoms with Crippen LogP contribution in [0.25, 0.3) is 0 Å². The van der Waals surface area contributed by atoms with Gasteiger partial charge in [0, 0.05) is 30.2 Å². The minimum absolute atomic E-state index is 0.00586. The van der Waals surface area contributed by atoms with E-state index in [2.05, 4.69) is 14.4 Å². The fraction of sp³-hybridized carbons (Fsp3) is 0.345. The average Bonchev–Trinajstić information content (AvgIpc) is 3.71. The number of fused-ring (bicyclic) bond motifs is 1. The van der Waals surface area contributed by atoms with E-state index in [0.29, 0.717) is 34.9 Å². The fourth-order valence-corrected chi connectivity index (χ4v) is 5.80. The quantitative estimate of drug-likeness (QED) is 0.235. The summed E-state index contributed by atoms with van der Waals surface area (Å²) in [5.41, 5.74) is 2.08. The molecule has 1 atom stereocenters. The van der Waals surface area contributed by atoms with Crippen molar-refractivity contribution in [2.24, 2.45) is 5.92 Å². The van der Waals surface area contributed by atoms with E-state index in [1.807, 2.05) is 0 Å². The summed E-state index contributed by atoms with van der Waals surface area (Å²) < 4.78 is 68.1. The summed E-state index contributed by atoms with van der Waals surface area (Å²) in [4.78, 5) is 31.4. The van der Waals surface area contributed by atoms with Crippen LogP contribution in [-0.2, 0) is 37.2 Å². The first-order valence-electron chi connectivity index (χ1n) is 13.5. The number of anilines is 2. The van der Waals surface area contributed by atoms with Crippen LogP contribution >= 0.6 is 23.2 Å². The first kappa shape index (κ1) is 31.7. The number of rotatable bonds is 13. The summed E-state index contributed by atoms with van der Waals surface area (Å²) in [7, 11) is -3.53. The minimum atomic E-state index is -3.53. The average molecular weight is 671 g/mol. The van der Waals surface area contributed by atoms with Crippen molar-refractivity contribution in [3.8, 4) is 11.5 Å². The van der Waals surface area contributed by atoms with Crippen molar-refractivity contribution < 1.29 is 41.0 Å². The topological polar surface area (TPSA) is 124 Å². The summed E-state index contributed by atoms with van der Waals surface area (Å²) >= 11 is 12.7. The number of sulfonamides is 1. The molecule has 2 aromatic carbocycles. The molecule has 1 unspecified atom stereocenters. The smallest absolute Gasteiger partial charge is 0.387 e. The van der Waals surface area contributed by atoms with Crippen molar-refractivity contribution in [2.75, 3.05) is 29.0 Å². The minimum Gasteiger partial charge on any atom is -0.489 e. The Morgan fingerprint density at radius 2 is 1.84 bits per heavy atom. The molecule has 1 aliphatic heterocycles. The standard InChI is InChI=1S/C29H27Cl2F2N3O7S/c1-44(39,40)35-19-5-6-23-18(8-19)10-27(37)36(23)14-28(38)42-25(11-20-21(30)12-34-13-22(20)31)17-4-7-24(43-29(32)33)26(9-17)41-15-16-2-3-16/h4-9,12-13,16,25,29,35H,2-3,10-11,14-15H2,1H3. The van der Waals surface area contributed by atoms with Crippen LogP contribution in [0, 0.1) is 5.92 Å². The number of hydrogen-bond donors (Lipinski definition) is 1. The summed E-state index contributed by atoms with van der Waals surface area (Å²) in [5, 5.41) is 0.451. The van der Waals surface area contributed by atoms with Gasteiger partial charge in [0.05, 0.1) is 29.3 Å². The Hall–Kier alpha value is -3.68. The molecular formula is C29H27Cl2F2N3O7S. The molecule has 0 bridgehead atoms. The largest absolute Gasteiger partial charge is 0.489 e. The highest BCUT2D eigenvalue weighted by molar-refractivity contribution is 7.92. The molecule has 10 nitrogen and oxygen atoms in total. The van der Waals surface area contributed by atoms with Crippen LogP contribution in [0.1, 0.15) is 35.6 Å². The summed E-state index contributed by atoms with van der Waals surface area (Å²) in [5.74, 6) is -0.942. The number of alkyl halides is 2. The van der Waals surface area contributed by atoms with E-state index in [9.17, 15) is 26.8 Å². The molecule has 2 heterocycles. The molecule has 44 heavy (non-hydrogen) atoms. The van der Waals surface area contributed by atoms with E-state index in [0.717, 1.165) is 19.1 Å². The lowest BCUT2D eigenvalue weighted by Gasteiger charge is -2.23. The van der Waals surface area contributed by atoms with Crippen molar-refractivity contribution in [3.05, 3.63) is 75.5 Å². The van der Waals surface area contributed by atoms with Crippen molar-refractivity contribution >= 4 is 56.5 Å². The van der Waals surface area contributed by atoms with Gasteiger partial charge in [-0.15, -0.1) is 0 Å². The number of carbonyl (C=O) groups excluding carboxylic acids is 2. The maximum atomic E-state index is 13.3. The van der Waals surface area contributed by atoms with Gasteiger partial charge in [0.15, 0.2) is 11.5 Å². The van der Waals surface area contributed by atoms with Gasteiger partial charge >= 0.3 is 12.6 Å². The molecule has 1 amide bonds. The number of pyridine rings is 1. The number of nitrogens with zero attached hydrogens (tertiary/aromatic N) is 2. The molecule has 0 spiro atoms. The number of carbonyl (C=O) groups is 2. The monoisotopic (exact) mass is 669 g/mol. The lowest BCUT2D eigenvalue weighted by Crippen LogP contribution is -2.34. The van der Waals surface area contributed by atoms with Gasteiger partial charge in [-0.3, -0.25) is 19.3 Å². The normalized spacial score (nSPS) is 15.2. The Bertz CT molecular complexity index is 1670. The van der Waals surface area contributed by atoms with Gasteiger partial charge in [-0.1, -0.05) is 29.3 Å². The van der Waals surface area contributed by atoms with Gasteiger partial charge in [0.1, 0.15) is 12.6 Å². The summed E-state index contributed by atoms with van der Waals surface area (Å²) in [6.45, 7) is -3.21. The molecule has 1 fully saturated rings. The van der Waals surface area contributed by atoms with Crippen molar-refractivity contribution in [1.29, 1.82) is 0 Å². The van der Waals surface area contributed by atoms with E-state index in [-0.39, 0.29) is 46.0 Å². The van der Waals surface area contributed by atoms with Crippen molar-refractivity contribution in [2.45, 2.75) is 38.4 Å². The lowest BCUT2D eigenvalue weighted by molar-refractivity contribution is -0.148. The van der Waals surface area contributed by atoms with Crippen LogP contribution in [0.5, 0.6) is 11.5 Å². The van der Waals surface area contributed by atoms with Crippen molar-refractivity contribution in [3.63, 3.8) is 0 Å². The Morgan fingerprint density at radius 3 is 2.50 bits per heavy atom. The van der Waals surface area contributed by atoms with Crippen LogP contribution in [0.3, 0.4) is 0 Å². The van der Waals surface area contributed by atoms with Crippen LogP contribution < -0.4 is 19.1 Å². The van der Waals surface area contributed by atoms with Gasteiger partial charge in [0.2, 0.25) is 15.9 Å². The summed E-state index contributed by atoms with van der Waals surface area (Å²) in [6, 6.07) is 8.80. The second-order valence-electron chi connectivity index (χ2n) is 10.5. The molecule has 0 saturated heterocycles. The number of esters is 1. The fourth-order valence-electron chi connectivity index (χ4n) is 4.73. The van der Waals surface area contributed by atoms with E-state index >= 15 is 0 Å². The van der Waals surface area contributed by atoms with E-state index < -0.39 is 35.3 Å². The predicted molar refractivity (Wildman–Crippen MR) is 159 cm³/mol. The molecule has 1 aromatic heterocycles. The van der Waals surface area contributed by atoms with Gasteiger partial charge in [-0.2, -0.15) is 8.78 Å². The number of benzene rings is 2. The number of ether oxygens (including phenoxy) is 3. The van der Waals surface area contributed by atoms with Crippen LogP contribution in [0.15, 0.2) is 48.8 Å².